The number of nitrogens with zero attached hydrogens (tertiary/aromatic N) is 1. The Bertz CT molecular complexity index is 442. The predicted molar refractivity (Wildman–Crippen MR) is 77.0 cm³/mol. The number of carbonyl (C=O) groups excluding carboxylic acids is 2. The van der Waals surface area contributed by atoms with Crippen LogP contribution in [-0.2, 0) is 9.59 Å². The van der Waals surface area contributed by atoms with Crippen LogP contribution < -0.4 is 5.32 Å². The summed E-state index contributed by atoms with van der Waals surface area (Å²) in [5, 5.41) is 3.61. The molecule has 1 N–H and O–H groups in total. The number of nitrogens with one attached hydrogen (secondary N) is 1. The topological polar surface area (TPSA) is 49.4 Å². The number of rotatable bonds is 2. The van der Waals surface area contributed by atoms with Crippen LogP contribution in [0, 0.1) is 11.3 Å². The first-order valence-electron chi connectivity index (χ1n) is 7.99. The van der Waals surface area contributed by atoms with E-state index >= 15 is 0 Å². The maximum atomic E-state index is 12.8. The van der Waals surface area contributed by atoms with E-state index in [0.717, 1.165) is 19.4 Å². The fourth-order valence-electron chi connectivity index (χ4n) is 4.02. The summed E-state index contributed by atoms with van der Waals surface area (Å²) in [5.74, 6) is 0.328. The maximum Gasteiger partial charge on any atom is 0.236 e. The molecule has 1 aliphatic carbocycles. The number of imide groups is 1. The van der Waals surface area contributed by atoms with Crippen LogP contribution in [0.3, 0.4) is 0 Å². The van der Waals surface area contributed by atoms with E-state index in [1.165, 1.54) is 19.3 Å². The van der Waals surface area contributed by atoms with Crippen LogP contribution in [0.2, 0.25) is 0 Å². The predicted octanol–water partition coefficient (Wildman–Crippen LogP) is 2.08. The molecule has 2 saturated heterocycles. The summed E-state index contributed by atoms with van der Waals surface area (Å²) >= 11 is 0. The van der Waals surface area contributed by atoms with E-state index < -0.39 is 5.41 Å². The molecule has 0 aromatic heterocycles. The smallest absolute Gasteiger partial charge is 0.236 e. The minimum absolute atomic E-state index is 0.0487. The molecule has 2 unspecified atom stereocenters. The lowest BCUT2D eigenvalue weighted by Crippen LogP contribution is -2.60. The largest absolute Gasteiger partial charge is 0.311 e. The number of amides is 2. The fourth-order valence-corrected chi connectivity index (χ4v) is 4.02. The average Bonchev–Trinajstić information content (AvgIpc) is 2.59. The van der Waals surface area contributed by atoms with Crippen molar-refractivity contribution in [3.63, 3.8) is 0 Å². The summed E-state index contributed by atoms with van der Waals surface area (Å²) in [4.78, 5) is 26.8. The SMILES string of the molecule is CC(C)C1(C)CC(=O)N(C2CCNC3(CCC3)C2)C1=O. The van der Waals surface area contributed by atoms with Crippen LogP contribution in [0.25, 0.3) is 0 Å². The molecule has 112 valence electrons. The molecular formula is C16H26N2O2. The van der Waals surface area contributed by atoms with E-state index in [1.807, 2.05) is 20.8 Å². The Hall–Kier alpha value is -0.900. The van der Waals surface area contributed by atoms with Crippen molar-refractivity contribution in [1.82, 2.24) is 10.2 Å². The number of hydrogen-bond acceptors (Lipinski definition) is 3. The van der Waals surface area contributed by atoms with Gasteiger partial charge in [0.15, 0.2) is 0 Å². The fraction of sp³-hybridized carbons (Fsp3) is 0.875. The number of likely N-dealkylation sites (tertiary alicyclic amines) is 1. The molecule has 3 rings (SSSR count). The van der Waals surface area contributed by atoms with E-state index in [1.54, 1.807) is 4.90 Å². The molecule has 1 spiro atoms. The van der Waals surface area contributed by atoms with E-state index in [9.17, 15) is 9.59 Å². The molecule has 4 nitrogen and oxygen atoms in total. The van der Waals surface area contributed by atoms with Gasteiger partial charge >= 0.3 is 0 Å². The molecule has 20 heavy (non-hydrogen) atoms. The van der Waals surface area contributed by atoms with Crippen molar-refractivity contribution >= 4 is 11.8 Å². The van der Waals surface area contributed by atoms with Gasteiger partial charge in [0.1, 0.15) is 0 Å². The van der Waals surface area contributed by atoms with Gasteiger partial charge in [-0.2, -0.15) is 0 Å². The summed E-state index contributed by atoms with van der Waals surface area (Å²) < 4.78 is 0. The van der Waals surface area contributed by atoms with Gasteiger partial charge in [0.25, 0.3) is 0 Å². The third kappa shape index (κ3) is 1.92. The minimum Gasteiger partial charge on any atom is -0.311 e. The van der Waals surface area contributed by atoms with Crippen molar-refractivity contribution in [2.24, 2.45) is 11.3 Å². The van der Waals surface area contributed by atoms with Crippen molar-refractivity contribution in [3.05, 3.63) is 0 Å². The lowest BCUT2D eigenvalue weighted by atomic mass is 9.70. The van der Waals surface area contributed by atoms with Crippen molar-refractivity contribution in [2.75, 3.05) is 6.54 Å². The lowest BCUT2D eigenvalue weighted by molar-refractivity contribution is -0.146. The molecule has 2 aliphatic heterocycles. The summed E-state index contributed by atoms with van der Waals surface area (Å²) in [6.07, 6.45) is 5.92. The quantitative estimate of drug-likeness (QED) is 0.787. The van der Waals surface area contributed by atoms with Gasteiger partial charge in [-0.1, -0.05) is 13.8 Å². The van der Waals surface area contributed by atoms with Gasteiger partial charge in [0.05, 0.1) is 5.41 Å². The van der Waals surface area contributed by atoms with Crippen LogP contribution in [0.4, 0.5) is 0 Å². The first kappa shape index (κ1) is 14.1. The van der Waals surface area contributed by atoms with E-state index in [0.29, 0.717) is 6.42 Å². The zero-order valence-electron chi connectivity index (χ0n) is 12.9. The molecule has 3 aliphatic rings. The van der Waals surface area contributed by atoms with Gasteiger partial charge in [-0.05, 0) is 51.5 Å². The van der Waals surface area contributed by atoms with Gasteiger partial charge < -0.3 is 5.32 Å². The van der Waals surface area contributed by atoms with Gasteiger partial charge in [-0.3, -0.25) is 14.5 Å². The number of hydrogen-bond donors (Lipinski definition) is 1. The zero-order valence-corrected chi connectivity index (χ0v) is 12.9. The Morgan fingerprint density at radius 3 is 2.50 bits per heavy atom. The third-order valence-corrected chi connectivity index (χ3v) is 6.05. The Kier molecular flexibility index (Phi) is 3.20. The molecule has 2 heterocycles. The second-order valence-corrected chi connectivity index (χ2v) is 7.53. The molecule has 1 saturated carbocycles. The third-order valence-electron chi connectivity index (χ3n) is 6.05. The summed E-state index contributed by atoms with van der Waals surface area (Å²) in [5.41, 5.74) is -0.269. The van der Waals surface area contributed by atoms with E-state index in [-0.39, 0.29) is 29.3 Å². The number of carbonyl (C=O) groups is 2. The summed E-state index contributed by atoms with van der Waals surface area (Å²) in [6, 6.07) is 0.122. The van der Waals surface area contributed by atoms with Crippen molar-refractivity contribution in [2.45, 2.75) is 70.9 Å². The molecule has 2 atom stereocenters. The molecule has 4 heteroatoms. The molecule has 0 aromatic carbocycles. The number of piperidine rings is 1. The van der Waals surface area contributed by atoms with Crippen LogP contribution in [0.1, 0.15) is 59.3 Å². The van der Waals surface area contributed by atoms with Gasteiger partial charge in [-0.25, -0.2) is 0 Å². The average molecular weight is 278 g/mol. The highest BCUT2D eigenvalue weighted by atomic mass is 16.2. The highest BCUT2D eigenvalue weighted by molar-refractivity contribution is 6.06. The Balaban J connectivity index is 1.80. The first-order valence-corrected chi connectivity index (χ1v) is 7.99. The molecule has 0 aromatic rings. The normalized spacial score (nSPS) is 36.8. The van der Waals surface area contributed by atoms with Gasteiger partial charge in [-0.15, -0.1) is 0 Å². The van der Waals surface area contributed by atoms with E-state index in [2.05, 4.69) is 5.32 Å². The van der Waals surface area contributed by atoms with Crippen molar-refractivity contribution in [3.8, 4) is 0 Å². The van der Waals surface area contributed by atoms with Gasteiger partial charge in [0, 0.05) is 18.0 Å². The van der Waals surface area contributed by atoms with Gasteiger partial charge in [0.2, 0.25) is 11.8 Å². The maximum absolute atomic E-state index is 12.8. The Morgan fingerprint density at radius 2 is 2.00 bits per heavy atom. The molecule has 2 amide bonds. The summed E-state index contributed by atoms with van der Waals surface area (Å²) in [6.45, 7) is 6.98. The van der Waals surface area contributed by atoms with Crippen LogP contribution in [0.15, 0.2) is 0 Å². The van der Waals surface area contributed by atoms with Crippen LogP contribution >= 0.6 is 0 Å². The second kappa shape index (κ2) is 4.55. The summed E-state index contributed by atoms with van der Waals surface area (Å²) in [7, 11) is 0. The van der Waals surface area contributed by atoms with Crippen molar-refractivity contribution < 1.29 is 9.59 Å². The molecular weight excluding hydrogens is 252 g/mol. The molecule has 0 radical (unpaired) electrons. The molecule has 3 fully saturated rings. The Morgan fingerprint density at radius 1 is 1.30 bits per heavy atom. The Labute approximate surface area is 121 Å². The second-order valence-electron chi connectivity index (χ2n) is 7.53. The zero-order chi connectivity index (χ0) is 14.5. The van der Waals surface area contributed by atoms with Crippen LogP contribution in [0.5, 0.6) is 0 Å². The monoisotopic (exact) mass is 278 g/mol. The lowest BCUT2D eigenvalue weighted by Gasteiger charge is -2.50. The van der Waals surface area contributed by atoms with Crippen molar-refractivity contribution in [1.29, 1.82) is 0 Å². The van der Waals surface area contributed by atoms with E-state index in [4.69, 9.17) is 0 Å². The first-order chi connectivity index (χ1) is 9.38. The molecule has 0 bridgehead atoms. The standard InChI is InChI=1S/C16H26N2O2/c1-11(2)15(3)10-13(19)18(14(15)20)12-5-8-17-16(9-12)6-4-7-16/h11-12,17H,4-10H2,1-3H3. The highest BCUT2D eigenvalue weighted by Crippen LogP contribution is 2.44. The highest BCUT2D eigenvalue weighted by Gasteiger charge is 2.54. The minimum atomic E-state index is -0.491. The van der Waals surface area contributed by atoms with Crippen LogP contribution in [-0.4, -0.2) is 34.8 Å².